The highest BCUT2D eigenvalue weighted by molar-refractivity contribution is 9.10. The van der Waals surface area contributed by atoms with Crippen LogP contribution in [0.15, 0.2) is 28.9 Å². The summed E-state index contributed by atoms with van der Waals surface area (Å²) in [6, 6.07) is 4.24. The summed E-state index contributed by atoms with van der Waals surface area (Å²) in [5.41, 5.74) is -0.100. The largest absolute Gasteiger partial charge is 0.437 e. The molecule has 1 N–H and O–H groups in total. The molecule has 0 fully saturated rings. The van der Waals surface area contributed by atoms with Crippen molar-refractivity contribution in [3.05, 3.63) is 44.0 Å². The van der Waals surface area contributed by atoms with Crippen LogP contribution in [0, 0.1) is 10.1 Å². The quantitative estimate of drug-likeness (QED) is 0.628. The Balaban J connectivity index is 2.33. The van der Waals surface area contributed by atoms with Gasteiger partial charge in [0.1, 0.15) is 10.8 Å². The summed E-state index contributed by atoms with van der Waals surface area (Å²) >= 11 is 9.16. The Labute approximate surface area is 133 Å². The molecule has 0 aliphatic carbocycles. The molecule has 0 atom stereocenters. The van der Waals surface area contributed by atoms with Crippen molar-refractivity contribution in [3.63, 3.8) is 0 Å². The second-order valence-electron chi connectivity index (χ2n) is 3.88. The maximum atomic E-state index is 10.8. The number of nitrogens with zero attached hydrogens (tertiary/aromatic N) is 3. The van der Waals surface area contributed by atoms with Gasteiger partial charge in [-0.1, -0.05) is 27.5 Å². The van der Waals surface area contributed by atoms with Crippen LogP contribution in [0.3, 0.4) is 0 Å². The number of aromatic nitrogens is 2. The predicted molar refractivity (Wildman–Crippen MR) is 82.1 cm³/mol. The molecule has 2 aromatic rings. The Morgan fingerprint density at radius 2 is 2.24 bits per heavy atom. The standard InChI is InChI=1S/C12H10BrClN4O3/c1-2-15-12-16-6-10(14)11(17-12)21-9-4-7(13)3-8(5-9)18(19)20/h3-6H,2H2,1H3,(H,15,16,17). The van der Waals surface area contributed by atoms with Gasteiger partial charge in [-0.3, -0.25) is 10.1 Å². The van der Waals surface area contributed by atoms with E-state index in [2.05, 4.69) is 31.2 Å². The molecule has 21 heavy (non-hydrogen) atoms. The highest BCUT2D eigenvalue weighted by Gasteiger charge is 2.13. The fourth-order valence-corrected chi connectivity index (χ4v) is 2.08. The minimum absolute atomic E-state index is 0.100. The van der Waals surface area contributed by atoms with E-state index in [1.807, 2.05) is 6.92 Å². The lowest BCUT2D eigenvalue weighted by atomic mass is 10.3. The molecule has 0 saturated carbocycles. The first kappa shape index (κ1) is 15.5. The number of anilines is 1. The maximum Gasteiger partial charge on any atom is 0.274 e. The number of hydrogen-bond acceptors (Lipinski definition) is 6. The molecule has 9 heteroatoms. The Morgan fingerprint density at radius 1 is 1.48 bits per heavy atom. The van der Waals surface area contributed by atoms with E-state index in [-0.39, 0.29) is 22.3 Å². The van der Waals surface area contributed by atoms with Gasteiger partial charge in [-0.05, 0) is 13.0 Å². The Bertz CT molecular complexity index is 684. The van der Waals surface area contributed by atoms with E-state index in [9.17, 15) is 10.1 Å². The van der Waals surface area contributed by atoms with Gasteiger partial charge in [0.15, 0.2) is 0 Å². The van der Waals surface area contributed by atoms with Crippen LogP contribution < -0.4 is 10.1 Å². The Hall–Kier alpha value is -1.93. The summed E-state index contributed by atoms with van der Waals surface area (Å²) in [6.45, 7) is 2.54. The molecule has 1 aromatic heterocycles. The van der Waals surface area contributed by atoms with Crippen LogP contribution in [-0.2, 0) is 0 Å². The summed E-state index contributed by atoms with van der Waals surface area (Å²) in [6.07, 6.45) is 1.40. The van der Waals surface area contributed by atoms with Crippen LogP contribution >= 0.6 is 27.5 Å². The van der Waals surface area contributed by atoms with Gasteiger partial charge in [0.05, 0.1) is 17.2 Å². The van der Waals surface area contributed by atoms with Crippen molar-refractivity contribution in [2.24, 2.45) is 0 Å². The zero-order chi connectivity index (χ0) is 15.4. The number of non-ortho nitro benzene ring substituents is 1. The lowest BCUT2D eigenvalue weighted by molar-refractivity contribution is -0.385. The molecule has 1 aromatic carbocycles. The van der Waals surface area contributed by atoms with Crippen molar-refractivity contribution >= 4 is 39.2 Å². The van der Waals surface area contributed by atoms with Crippen molar-refractivity contribution in [1.82, 2.24) is 9.97 Å². The molecule has 1 heterocycles. The number of nitro groups is 1. The molecular formula is C12H10BrClN4O3. The Kier molecular flexibility index (Phi) is 4.92. The number of nitrogens with one attached hydrogen (secondary N) is 1. The van der Waals surface area contributed by atoms with Crippen LogP contribution in [0.5, 0.6) is 11.6 Å². The molecule has 2 rings (SSSR count). The zero-order valence-electron chi connectivity index (χ0n) is 10.8. The summed E-state index contributed by atoms with van der Waals surface area (Å²) in [7, 11) is 0. The minimum atomic E-state index is -0.511. The predicted octanol–water partition coefficient (Wildman–Crippen LogP) is 4.02. The van der Waals surface area contributed by atoms with Crippen molar-refractivity contribution in [1.29, 1.82) is 0 Å². The number of nitro benzene ring substituents is 1. The lowest BCUT2D eigenvalue weighted by Crippen LogP contribution is -2.03. The van der Waals surface area contributed by atoms with Crippen molar-refractivity contribution in [3.8, 4) is 11.6 Å². The third-order valence-electron chi connectivity index (χ3n) is 2.33. The fraction of sp³-hybridized carbons (Fsp3) is 0.167. The fourth-order valence-electron chi connectivity index (χ4n) is 1.49. The van der Waals surface area contributed by atoms with Crippen molar-refractivity contribution in [2.45, 2.75) is 6.92 Å². The number of ether oxygens (including phenoxy) is 1. The van der Waals surface area contributed by atoms with Gasteiger partial charge in [-0.15, -0.1) is 0 Å². The number of hydrogen-bond donors (Lipinski definition) is 1. The van der Waals surface area contributed by atoms with Crippen LogP contribution in [0.4, 0.5) is 11.6 Å². The summed E-state index contributed by atoms with van der Waals surface area (Å²) in [5, 5.41) is 14.0. The van der Waals surface area contributed by atoms with Crippen molar-refractivity contribution < 1.29 is 9.66 Å². The van der Waals surface area contributed by atoms with Crippen LogP contribution in [0.1, 0.15) is 6.92 Å². The van der Waals surface area contributed by atoms with Crippen LogP contribution in [-0.4, -0.2) is 21.4 Å². The third-order valence-corrected chi connectivity index (χ3v) is 3.05. The molecule has 110 valence electrons. The topological polar surface area (TPSA) is 90.2 Å². The Morgan fingerprint density at radius 3 is 2.90 bits per heavy atom. The molecule has 0 bridgehead atoms. The van der Waals surface area contributed by atoms with E-state index in [0.29, 0.717) is 17.0 Å². The molecular weight excluding hydrogens is 364 g/mol. The van der Waals surface area contributed by atoms with E-state index in [0.717, 1.165) is 0 Å². The molecule has 0 aliphatic rings. The first-order valence-electron chi connectivity index (χ1n) is 5.89. The highest BCUT2D eigenvalue weighted by Crippen LogP contribution is 2.32. The normalized spacial score (nSPS) is 10.2. The van der Waals surface area contributed by atoms with Crippen LogP contribution in [0.25, 0.3) is 0 Å². The molecule has 0 amide bonds. The molecule has 0 aliphatic heterocycles. The molecule has 0 unspecified atom stereocenters. The van der Waals surface area contributed by atoms with Gasteiger partial charge in [0, 0.05) is 17.1 Å². The van der Waals surface area contributed by atoms with Gasteiger partial charge in [-0.25, -0.2) is 4.98 Å². The molecule has 0 saturated heterocycles. The van der Waals surface area contributed by atoms with Crippen LogP contribution in [0.2, 0.25) is 5.02 Å². The van der Waals surface area contributed by atoms with E-state index in [1.165, 1.54) is 18.3 Å². The molecule has 0 radical (unpaired) electrons. The van der Waals surface area contributed by atoms with E-state index < -0.39 is 4.92 Å². The van der Waals surface area contributed by atoms with Gasteiger partial charge >= 0.3 is 0 Å². The minimum Gasteiger partial charge on any atom is -0.437 e. The highest BCUT2D eigenvalue weighted by atomic mass is 79.9. The molecule has 7 nitrogen and oxygen atoms in total. The number of rotatable bonds is 5. The summed E-state index contributed by atoms with van der Waals surface area (Å²) < 4.78 is 6.03. The van der Waals surface area contributed by atoms with E-state index >= 15 is 0 Å². The van der Waals surface area contributed by atoms with E-state index in [4.69, 9.17) is 16.3 Å². The summed E-state index contributed by atoms with van der Waals surface area (Å²) in [4.78, 5) is 18.4. The smallest absolute Gasteiger partial charge is 0.274 e. The number of benzene rings is 1. The van der Waals surface area contributed by atoms with Gasteiger partial charge in [0.25, 0.3) is 5.69 Å². The SMILES string of the molecule is CCNc1ncc(Cl)c(Oc2cc(Br)cc([N+](=O)[O-])c2)n1. The van der Waals surface area contributed by atoms with Gasteiger partial charge in [0.2, 0.25) is 11.8 Å². The molecule has 0 spiro atoms. The zero-order valence-corrected chi connectivity index (χ0v) is 13.2. The second kappa shape index (κ2) is 6.68. The number of halogens is 2. The monoisotopic (exact) mass is 372 g/mol. The first-order chi connectivity index (χ1) is 9.99. The second-order valence-corrected chi connectivity index (χ2v) is 5.20. The van der Waals surface area contributed by atoms with Gasteiger partial charge in [-0.2, -0.15) is 4.98 Å². The van der Waals surface area contributed by atoms with E-state index in [1.54, 1.807) is 6.07 Å². The van der Waals surface area contributed by atoms with Crippen molar-refractivity contribution in [2.75, 3.05) is 11.9 Å². The average molecular weight is 374 g/mol. The lowest BCUT2D eigenvalue weighted by Gasteiger charge is -2.08. The average Bonchev–Trinajstić information content (AvgIpc) is 2.42. The first-order valence-corrected chi connectivity index (χ1v) is 7.06. The maximum absolute atomic E-state index is 10.8. The third kappa shape index (κ3) is 4.02. The summed E-state index contributed by atoms with van der Waals surface area (Å²) in [5.74, 6) is 0.732. The van der Waals surface area contributed by atoms with Gasteiger partial charge < -0.3 is 10.1 Å².